The molecule has 0 bridgehead atoms. The Morgan fingerprint density at radius 1 is 0.939 bits per heavy atom. The summed E-state index contributed by atoms with van der Waals surface area (Å²) < 4.78 is 5.19. The number of nitrogens with one attached hydrogen (secondary N) is 1. The molecule has 1 aliphatic rings. The molecule has 1 N–H and O–H groups in total. The third-order valence-electron chi connectivity index (χ3n) is 6.09. The normalized spacial score (nSPS) is 14.4. The molecule has 1 saturated heterocycles. The van der Waals surface area contributed by atoms with Gasteiger partial charge in [-0.3, -0.25) is 15.0 Å². The second-order valence-corrected chi connectivity index (χ2v) is 8.18. The molecule has 4 rings (SSSR count). The molecule has 172 valence electrons. The molecule has 0 radical (unpaired) electrons. The van der Waals surface area contributed by atoms with Gasteiger partial charge in [-0.2, -0.15) is 0 Å². The number of benzene rings is 3. The molecule has 3 aromatic carbocycles. The summed E-state index contributed by atoms with van der Waals surface area (Å²) >= 11 is 0. The van der Waals surface area contributed by atoms with Crippen LogP contribution in [-0.2, 0) is 4.74 Å². The third kappa shape index (κ3) is 5.69. The highest BCUT2D eigenvalue weighted by molar-refractivity contribution is 5.70. The summed E-state index contributed by atoms with van der Waals surface area (Å²) in [7, 11) is 1.72. The summed E-state index contributed by atoms with van der Waals surface area (Å²) in [6.45, 7) is 5.29. The molecule has 0 atom stereocenters. The van der Waals surface area contributed by atoms with Crippen LogP contribution in [0.5, 0.6) is 0 Å². The number of hydrogen-bond acceptors (Lipinski definition) is 6. The molecule has 33 heavy (non-hydrogen) atoms. The molecule has 0 spiro atoms. The molecule has 1 aliphatic heterocycles. The van der Waals surface area contributed by atoms with Crippen LogP contribution < -0.4 is 10.2 Å². The van der Waals surface area contributed by atoms with E-state index in [1.807, 2.05) is 72.8 Å². The maximum atomic E-state index is 11.8. The minimum Gasteiger partial charge on any atom is -0.383 e. The second-order valence-electron chi connectivity index (χ2n) is 8.18. The number of nitrogens with zero attached hydrogens (tertiary/aromatic N) is 3. The van der Waals surface area contributed by atoms with Crippen LogP contribution in [0.3, 0.4) is 0 Å². The van der Waals surface area contributed by atoms with E-state index in [-0.39, 0.29) is 16.7 Å². The zero-order chi connectivity index (χ0) is 23.0. The van der Waals surface area contributed by atoms with Crippen molar-refractivity contribution in [2.24, 2.45) is 0 Å². The number of nitro groups is 1. The van der Waals surface area contributed by atoms with E-state index in [1.54, 1.807) is 13.2 Å². The van der Waals surface area contributed by atoms with Crippen molar-refractivity contribution in [2.45, 2.75) is 6.04 Å². The Hall–Kier alpha value is -3.42. The van der Waals surface area contributed by atoms with Gasteiger partial charge in [0.25, 0.3) is 5.69 Å². The Kier molecular flexibility index (Phi) is 7.55. The fraction of sp³-hybridized carbons (Fsp3) is 0.308. The predicted octanol–water partition coefficient (Wildman–Crippen LogP) is 4.56. The summed E-state index contributed by atoms with van der Waals surface area (Å²) in [5.41, 5.74) is 3.70. The molecule has 1 fully saturated rings. The molecule has 0 aromatic heterocycles. The van der Waals surface area contributed by atoms with Gasteiger partial charge in [-0.25, -0.2) is 0 Å². The van der Waals surface area contributed by atoms with E-state index in [4.69, 9.17) is 4.74 Å². The first-order chi connectivity index (χ1) is 16.2. The Labute approximate surface area is 194 Å². The molecule has 0 saturated carbocycles. The second kappa shape index (κ2) is 10.9. The van der Waals surface area contributed by atoms with Gasteiger partial charge in [0.05, 0.1) is 17.6 Å². The zero-order valence-electron chi connectivity index (χ0n) is 18.9. The Morgan fingerprint density at radius 2 is 1.55 bits per heavy atom. The SMILES string of the molecule is COCCN1CCN(c2ccc([N+](=O)[O-])c(NC(c3ccccc3)c3ccccc3)c2)CC1. The number of ether oxygens (including phenoxy) is 1. The number of hydrogen-bond donors (Lipinski definition) is 1. The lowest BCUT2D eigenvalue weighted by molar-refractivity contribution is -0.384. The van der Waals surface area contributed by atoms with Crippen molar-refractivity contribution in [1.29, 1.82) is 0 Å². The van der Waals surface area contributed by atoms with Gasteiger partial charge in [0, 0.05) is 51.6 Å². The summed E-state index contributed by atoms with van der Waals surface area (Å²) in [6, 6.07) is 25.2. The molecule has 0 aliphatic carbocycles. The van der Waals surface area contributed by atoms with Crippen LogP contribution >= 0.6 is 0 Å². The summed E-state index contributed by atoms with van der Waals surface area (Å²) in [4.78, 5) is 16.2. The van der Waals surface area contributed by atoms with Crippen LogP contribution in [0.4, 0.5) is 17.1 Å². The van der Waals surface area contributed by atoms with Gasteiger partial charge in [0.1, 0.15) is 5.69 Å². The predicted molar refractivity (Wildman–Crippen MR) is 132 cm³/mol. The Bertz CT molecular complexity index is 998. The van der Waals surface area contributed by atoms with Crippen molar-refractivity contribution >= 4 is 17.1 Å². The topological polar surface area (TPSA) is 70.9 Å². The molecule has 0 amide bonds. The van der Waals surface area contributed by atoms with E-state index in [0.717, 1.165) is 56.1 Å². The van der Waals surface area contributed by atoms with Crippen LogP contribution in [0.25, 0.3) is 0 Å². The van der Waals surface area contributed by atoms with Crippen LogP contribution in [-0.4, -0.2) is 56.3 Å². The quantitative estimate of drug-likeness (QED) is 0.384. The molecular formula is C26H30N4O3. The number of nitro benzene ring substituents is 1. The number of anilines is 2. The first kappa shape index (κ1) is 22.8. The molecule has 0 unspecified atom stereocenters. The van der Waals surface area contributed by atoms with Crippen LogP contribution in [0.15, 0.2) is 78.9 Å². The molecular weight excluding hydrogens is 416 g/mol. The van der Waals surface area contributed by atoms with Crippen LogP contribution in [0, 0.1) is 10.1 Å². The Morgan fingerprint density at radius 3 is 2.09 bits per heavy atom. The van der Waals surface area contributed by atoms with E-state index in [9.17, 15) is 10.1 Å². The largest absolute Gasteiger partial charge is 0.383 e. The van der Waals surface area contributed by atoms with Gasteiger partial charge in [0.15, 0.2) is 0 Å². The van der Waals surface area contributed by atoms with E-state index in [2.05, 4.69) is 15.1 Å². The first-order valence-corrected chi connectivity index (χ1v) is 11.3. The van der Waals surface area contributed by atoms with Crippen molar-refractivity contribution < 1.29 is 9.66 Å². The smallest absolute Gasteiger partial charge is 0.292 e. The Balaban J connectivity index is 1.61. The molecule has 7 nitrogen and oxygen atoms in total. The lowest BCUT2D eigenvalue weighted by Gasteiger charge is -2.36. The van der Waals surface area contributed by atoms with Gasteiger partial charge >= 0.3 is 0 Å². The highest BCUT2D eigenvalue weighted by atomic mass is 16.6. The van der Waals surface area contributed by atoms with Crippen molar-refractivity contribution in [3.8, 4) is 0 Å². The van der Waals surface area contributed by atoms with Crippen molar-refractivity contribution in [1.82, 2.24) is 4.90 Å². The van der Waals surface area contributed by atoms with Gasteiger partial charge < -0.3 is 15.0 Å². The standard InChI is InChI=1S/C26H30N4O3/c1-33-19-18-28-14-16-29(17-15-28)23-12-13-25(30(31)32)24(20-23)27-26(21-8-4-2-5-9-21)22-10-6-3-7-11-22/h2-13,20,26-27H,14-19H2,1H3. The highest BCUT2D eigenvalue weighted by Gasteiger charge is 2.23. The summed E-state index contributed by atoms with van der Waals surface area (Å²) in [5.74, 6) is 0. The monoisotopic (exact) mass is 446 g/mol. The molecule has 7 heteroatoms. The maximum Gasteiger partial charge on any atom is 0.292 e. The van der Waals surface area contributed by atoms with Crippen molar-refractivity contribution in [2.75, 3.05) is 56.7 Å². The highest BCUT2D eigenvalue weighted by Crippen LogP contribution is 2.35. The maximum absolute atomic E-state index is 11.8. The average Bonchev–Trinajstić information content (AvgIpc) is 2.87. The summed E-state index contributed by atoms with van der Waals surface area (Å²) in [5, 5.41) is 15.3. The van der Waals surface area contributed by atoms with Crippen LogP contribution in [0.1, 0.15) is 17.2 Å². The fourth-order valence-corrected chi connectivity index (χ4v) is 4.25. The van der Waals surface area contributed by atoms with Gasteiger partial charge in [-0.05, 0) is 23.3 Å². The van der Waals surface area contributed by atoms with Gasteiger partial charge in [0.2, 0.25) is 0 Å². The minimum atomic E-state index is -0.318. The fourth-order valence-electron chi connectivity index (χ4n) is 4.25. The third-order valence-corrected chi connectivity index (χ3v) is 6.09. The number of piperazine rings is 1. The summed E-state index contributed by atoms with van der Waals surface area (Å²) in [6.07, 6.45) is 0. The first-order valence-electron chi connectivity index (χ1n) is 11.3. The molecule has 1 heterocycles. The van der Waals surface area contributed by atoms with Gasteiger partial charge in [-0.15, -0.1) is 0 Å². The van der Waals surface area contributed by atoms with Crippen molar-refractivity contribution in [3.05, 3.63) is 100 Å². The minimum absolute atomic E-state index is 0.0781. The zero-order valence-corrected chi connectivity index (χ0v) is 18.9. The van der Waals surface area contributed by atoms with Crippen molar-refractivity contribution in [3.63, 3.8) is 0 Å². The van der Waals surface area contributed by atoms with E-state index < -0.39 is 0 Å². The average molecular weight is 447 g/mol. The molecule has 3 aromatic rings. The lowest BCUT2D eigenvalue weighted by Crippen LogP contribution is -2.47. The van der Waals surface area contributed by atoms with E-state index >= 15 is 0 Å². The number of rotatable bonds is 9. The van der Waals surface area contributed by atoms with E-state index in [1.165, 1.54) is 0 Å². The van der Waals surface area contributed by atoms with E-state index in [0.29, 0.717) is 5.69 Å². The lowest BCUT2D eigenvalue weighted by atomic mass is 9.98. The van der Waals surface area contributed by atoms with Crippen LogP contribution in [0.2, 0.25) is 0 Å². The van der Waals surface area contributed by atoms with Gasteiger partial charge in [-0.1, -0.05) is 60.7 Å². The number of methoxy groups -OCH3 is 1.